The van der Waals surface area contributed by atoms with E-state index in [9.17, 15) is 9.59 Å². The molecule has 1 fully saturated rings. The van der Waals surface area contributed by atoms with Crippen LogP contribution >= 0.6 is 0 Å². The van der Waals surface area contributed by atoms with Crippen molar-refractivity contribution >= 4 is 34.5 Å². The van der Waals surface area contributed by atoms with Gasteiger partial charge < -0.3 is 25.7 Å². The second-order valence-corrected chi connectivity index (χ2v) is 7.26. The summed E-state index contributed by atoms with van der Waals surface area (Å²) in [5, 5.41) is 13.7. The number of carbonyl (C=O) groups excluding carboxylic acids is 2. The van der Waals surface area contributed by atoms with Gasteiger partial charge in [0.15, 0.2) is 6.61 Å². The van der Waals surface area contributed by atoms with Crippen LogP contribution in [0, 0.1) is 0 Å². The molecule has 3 heterocycles. The highest BCUT2D eigenvalue weighted by atomic mass is 16.6. The summed E-state index contributed by atoms with van der Waals surface area (Å²) in [6.07, 6.45) is 0. The number of oxime groups is 1. The van der Waals surface area contributed by atoms with Gasteiger partial charge in [-0.05, 0) is 12.1 Å². The molecule has 2 aromatic carbocycles. The lowest BCUT2D eigenvalue weighted by atomic mass is 10.0. The van der Waals surface area contributed by atoms with Gasteiger partial charge in [-0.25, -0.2) is 0 Å². The summed E-state index contributed by atoms with van der Waals surface area (Å²) in [5.41, 5.74) is 4.84. The van der Waals surface area contributed by atoms with E-state index in [4.69, 9.17) is 4.84 Å². The number of fused-ring (bicyclic) bond motifs is 2. The van der Waals surface area contributed by atoms with Gasteiger partial charge in [0.2, 0.25) is 0 Å². The van der Waals surface area contributed by atoms with Gasteiger partial charge in [-0.1, -0.05) is 41.6 Å². The smallest absolute Gasteiger partial charge is 0.263 e. The molecule has 0 saturated carbocycles. The fourth-order valence-corrected chi connectivity index (χ4v) is 3.93. The van der Waals surface area contributed by atoms with E-state index in [-0.39, 0.29) is 18.4 Å². The number of para-hydroxylation sites is 2. The van der Waals surface area contributed by atoms with E-state index in [1.54, 1.807) is 4.90 Å². The predicted molar refractivity (Wildman–Crippen MR) is 114 cm³/mol. The van der Waals surface area contributed by atoms with E-state index in [0.717, 1.165) is 35.6 Å². The molecule has 3 aliphatic rings. The Kier molecular flexibility index (Phi) is 4.68. The first-order valence-corrected chi connectivity index (χ1v) is 9.92. The van der Waals surface area contributed by atoms with Crippen molar-refractivity contribution in [1.82, 2.24) is 10.2 Å². The molecule has 152 valence electrons. The average molecular weight is 403 g/mol. The standard InChI is InChI=1S/C22H21N5O3/c28-18(27-11-9-23-10-12-27)13-30-26-20-15-6-2-4-8-17(15)24-21(20)19-14-5-1-3-7-16(14)25-22(19)29/h1-8,23-24H,9-13H2,(H,25,29)/b21-19-,26-20+. The highest BCUT2D eigenvalue weighted by Gasteiger charge is 2.34. The molecule has 0 unspecified atom stereocenters. The maximum atomic E-state index is 12.7. The third kappa shape index (κ3) is 3.21. The van der Waals surface area contributed by atoms with Gasteiger partial charge in [-0.15, -0.1) is 0 Å². The summed E-state index contributed by atoms with van der Waals surface area (Å²) in [4.78, 5) is 32.3. The molecule has 1 saturated heterocycles. The van der Waals surface area contributed by atoms with Crippen LogP contribution in [0.25, 0.3) is 5.57 Å². The van der Waals surface area contributed by atoms with E-state index in [2.05, 4.69) is 21.1 Å². The molecular weight excluding hydrogens is 382 g/mol. The number of allylic oxidation sites excluding steroid dienone is 1. The number of rotatable bonds is 3. The molecule has 8 heteroatoms. The highest BCUT2D eigenvalue weighted by molar-refractivity contribution is 6.39. The molecule has 0 bridgehead atoms. The molecule has 8 nitrogen and oxygen atoms in total. The van der Waals surface area contributed by atoms with Crippen molar-refractivity contribution in [3.8, 4) is 0 Å². The Hall–Kier alpha value is -3.65. The number of carbonyl (C=O) groups is 2. The molecule has 2 amide bonds. The number of nitrogens with zero attached hydrogens (tertiary/aromatic N) is 2. The Morgan fingerprint density at radius 2 is 1.63 bits per heavy atom. The van der Waals surface area contributed by atoms with E-state index in [1.165, 1.54) is 0 Å². The predicted octanol–water partition coefficient (Wildman–Crippen LogP) is 1.63. The largest absolute Gasteiger partial charge is 0.385 e. The number of benzene rings is 2. The number of amides is 2. The molecule has 30 heavy (non-hydrogen) atoms. The van der Waals surface area contributed by atoms with Gasteiger partial charge in [0, 0.05) is 48.7 Å². The minimum atomic E-state index is -0.198. The van der Waals surface area contributed by atoms with Crippen LogP contribution in [0.3, 0.4) is 0 Å². The molecule has 3 N–H and O–H groups in total. The summed E-state index contributed by atoms with van der Waals surface area (Å²) in [6.45, 7) is 2.74. The van der Waals surface area contributed by atoms with Crippen LogP contribution in [-0.4, -0.2) is 55.2 Å². The van der Waals surface area contributed by atoms with Crippen LogP contribution < -0.4 is 16.0 Å². The summed E-state index contributed by atoms with van der Waals surface area (Å²) >= 11 is 0. The lowest BCUT2D eigenvalue weighted by molar-refractivity contribution is -0.136. The highest BCUT2D eigenvalue weighted by Crippen LogP contribution is 2.38. The van der Waals surface area contributed by atoms with Crippen LogP contribution in [0.1, 0.15) is 11.1 Å². The van der Waals surface area contributed by atoms with Crippen molar-refractivity contribution < 1.29 is 14.4 Å². The van der Waals surface area contributed by atoms with Crippen molar-refractivity contribution in [2.45, 2.75) is 0 Å². The molecule has 0 radical (unpaired) electrons. The Morgan fingerprint density at radius 3 is 2.40 bits per heavy atom. The van der Waals surface area contributed by atoms with Crippen LogP contribution in [0.15, 0.2) is 59.4 Å². The van der Waals surface area contributed by atoms with Crippen LogP contribution in [0.4, 0.5) is 11.4 Å². The molecule has 3 aliphatic heterocycles. The molecular formula is C22H21N5O3. The molecule has 2 aromatic rings. The average Bonchev–Trinajstić information content (AvgIpc) is 3.30. The van der Waals surface area contributed by atoms with Gasteiger partial charge >= 0.3 is 0 Å². The maximum Gasteiger partial charge on any atom is 0.263 e. The Balaban J connectivity index is 1.47. The SMILES string of the molecule is O=C1Nc2ccccc2/C1=C1/Nc2ccccc2/C1=N\OCC(=O)N1CCNCC1. The quantitative estimate of drug-likeness (QED) is 0.535. The topological polar surface area (TPSA) is 95.1 Å². The van der Waals surface area contributed by atoms with Gasteiger partial charge in [0.25, 0.3) is 11.8 Å². The Bertz CT molecular complexity index is 1090. The lowest BCUT2D eigenvalue weighted by Crippen LogP contribution is -2.47. The van der Waals surface area contributed by atoms with Crippen molar-refractivity contribution in [2.24, 2.45) is 5.16 Å². The van der Waals surface area contributed by atoms with Gasteiger partial charge in [0.1, 0.15) is 5.71 Å². The monoisotopic (exact) mass is 403 g/mol. The summed E-state index contributed by atoms with van der Waals surface area (Å²) < 4.78 is 0. The fraction of sp³-hybridized carbons (Fsp3) is 0.227. The zero-order valence-electron chi connectivity index (χ0n) is 16.3. The van der Waals surface area contributed by atoms with Gasteiger partial charge in [-0.3, -0.25) is 9.59 Å². The van der Waals surface area contributed by atoms with Crippen LogP contribution in [-0.2, 0) is 14.4 Å². The second kappa shape index (κ2) is 7.64. The zero-order valence-corrected chi connectivity index (χ0v) is 16.3. The number of hydrogen-bond acceptors (Lipinski definition) is 6. The zero-order chi connectivity index (χ0) is 20.5. The van der Waals surface area contributed by atoms with Gasteiger partial charge in [-0.2, -0.15) is 0 Å². The van der Waals surface area contributed by atoms with Gasteiger partial charge in [0.05, 0.1) is 11.3 Å². The molecule has 0 aromatic heterocycles. The number of nitrogens with one attached hydrogen (secondary N) is 3. The van der Waals surface area contributed by atoms with Crippen molar-refractivity contribution in [3.05, 3.63) is 65.4 Å². The first-order chi connectivity index (χ1) is 14.7. The molecule has 5 rings (SSSR count). The van der Waals surface area contributed by atoms with Crippen molar-refractivity contribution in [2.75, 3.05) is 43.4 Å². The summed E-state index contributed by atoms with van der Waals surface area (Å²) in [5.74, 6) is -0.297. The Labute approximate surface area is 173 Å². The lowest BCUT2D eigenvalue weighted by Gasteiger charge is -2.26. The molecule has 0 aliphatic carbocycles. The minimum Gasteiger partial charge on any atom is -0.385 e. The van der Waals surface area contributed by atoms with Crippen LogP contribution in [0.5, 0.6) is 0 Å². The normalized spacial score (nSPS) is 21.1. The number of hydrogen-bond donors (Lipinski definition) is 3. The minimum absolute atomic E-state index is 0.0988. The van der Waals surface area contributed by atoms with Crippen molar-refractivity contribution in [3.63, 3.8) is 0 Å². The third-order valence-corrected chi connectivity index (χ3v) is 5.41. The number of anilines is 2. The van der Waals surface area contributed by atoms with E-state index < -0.39 is 0 Å². The fourth-order valence-electron chi connectivity index (χ4n) is 3.93. The van der Waals surface area contributed by atoms with E-state index in [0.29, 0.717) is 30.1 Å². The maximum absolute atomic E-state index is 12.7. The molecule has 0 spiro atoms. The molecule has 0 atom stereocenters. The van der Waals surface area contributed by atoms with E-state index in [1.807, 2.05) is 48.5 Å². The third-order valence-electron chi connectivity index (χ3n) is 5.41. The van der Waals surface area contributed by atoms with Crippen molar-refractivity contribution in [1.29, 1.82) is 0 Å². The summed E-state index contributed by atoms with van der Waals surface area (Å²) in [6, 6.07) is 15.2. The first-order valence-electron chi connectivity index (χ1n) is 9.92. The summed E-state index contributed by atoms with van der Waals surface area (Å²) in [7, 11) is 0. The van der Waals surface area contributed by atoms with Crippen LogP contribution in [0.2, 0.25) is 0 Å². The number of piperazine rings is 1. The first kappa shape index (κ1) is 18.4. The Morgan fingerprint density at radius 1 is 0.967 bits per heavy atom. The van der Waals surface area contributed by atoms with E-state index >= 15 is 0 Å². The second-order valence-electron chi connectivity index (χ2n) is 7.26.